The zero-order valence-corrected chi connectivity index (χ0v) is 14.5. The Kier molecular flexibility index (Phi) is 5.82. The number of sulfonamides is 1. The molecule has 5 nitrogen and oxygen atoms in total. The van der Waals surface area contributed by atoms with Crippen molar-refractivity contribution in [3.8, 4) is 6.07 Å². The first-order valence-corrected chi connectivity index (χ1v) is 8.85. The summed E-state index contributed by atoms with van der Waals surface area (Å²) in [6, 6.07) is 1.000. The topological polar surface area (TPSA) is 74.1 Å². The number of aromatic nitrogens is 1. The molecule has 11 heteroatoms. The van der Waals surface area contributed by atoms with Crippen LogP contribution in [0.25, 0.3) is 0 Å². The zero-order valence-electron chi connectivity index (χ0n) is 13.7. The van der Waals surface area contributed by atoms with E-state index >= 15 is 0 Å². The molecule has 2 aromatic rings. The van der Waals surface area contributed by atoms with Gasteiger partial charge in [-0.1, -0.05) is 13.0 Å². The summed E-state index contributed by atoms with van der Waals surface area (Å²) in [5.74, 6) is -2.64. The van der Waals surface area contributed by atoms with E-state index in [9.17, 15) is 30.4 Å². The second-order valence-electron chi connectivity index (χ2n) is 5.34. The van der Waals surface area contributed by atoms with Gasteiger partial charge in [-0.15, -0.1) is 0 Å². The summed E-state index contributed by atoms with van der Waals surface area (Å²) in [4.78, 5) is 2.88. The van der Waals surface area contributed by atoms with E-state index in [-0.39, 0.29) is 15.9 Å². The van der Waals surface area contributed by atoms with Crippen molar-refractivity contribution in [2.24, 2.45) is 0 Å². The summed E-state index contributed by atoms with van der Waals surface area (Å²) >= 11 is 0. The van der Waals surface area contributed by atoms with Gasteiger partial charge in [0.1, 0.15) is 28.6 Å². The Hall–Kier alpha value is -2.58. The molecule has 0 N–H and O–H groups in total. The number of pyridine rings is 1. The minimum atomic E-state index is -5.19. The summed E-state index contributed by atoms with van der Waals surface area (Å²) in [5, 5.41) is 8.84. The lowest BCUT2D eigenvalue weighted by atomic mass is 10.1. The van der Waals surface area contributed by atoms with Gasteiger partial charge in [-0.2, -0.15) is 22.7 Å². The van der Waals surface area contributed by atoms with Crippen LogP contribution in [-0.2, 0) is 10.0 Å². The quantitative estimate of drug-likeness (QED) is 0.714. The Labute approximate surface area is 151 Å². The van der Waals surface area contributed by atoms with Gasteiger partial charge in [0.05, 0.1) is 5.56 Å². The summed E-state index contributed by atoms with van der Waals surface area (Å²) in [6.45, 7) is 0.472. The van der Waals surface area contributed by atoms with Crippen LogP contribution in [0.3, 0.4) is 0 Å². The molecule has 0 aliphatic carbocycles. The fourth-order valence-corrected chi connectivity index (χ4v) is 4.06. The third-order valence-corrected chi connectivity index (χ3v) is 5.52. The lowest BCUT2D eigenvalue weighted by Crippen LogP contribution is -2.42. The Bertz CT molecular complexity index is 986. The molecule has 1 aromatic carbocycles. The first-order valence-electron chi connectivity index (χ1n) is 7.41. The predicted molar refractivity (Wildman–Crippen MR) is 83.7 cm³/mol. The molecule has 27 heavy (non-hydrogen) atoms. The van der Waals surface area contributed by atoms with Gasteiger partial charge in [0.2, 0.25) is 10.0 Å². The molecule has 0 spiro atoms. The second-order valence-corrected chi connectivity index (χ2v) is 7.23. The zero-order chi connectivity index (χ0) is 20.4. The van der Waals surface area contributed by atoms with E-state index in [2.05, 4.69) is 4.98 Å². The van der Waals surface area contributed by atoms with Gasteiger partial charge in [0, 0.05) is 30.6 Å². The van der Waals surface area contributed by atoms with Crippen LogP contribution in [-0.4, -0.2) is 30.4 Å². The van der Waals surface area contributed by atoms with Crippen LogP contribution in [0.4, 0.5) is 22.0 Å². The third kappa shape index (κ3) is 4.23. The Morgan fingerprint density at radius 1 is 1.22 bits per heavy atom. The summed E-state index contributed by atoms with van der Waals surface area (Å²) in [7, 11) is -4.80. The summed E-state index contributed by atoms with van der Waals surface area (Å²) in [5.41, 5.74) is -1.22. The van der Waals surface area contributed by atoms with Crippen LogP contribution in [0.1, 0.15) is 24.1 Å². The highest BCUT2D eigenvalue weighted by Crippen LogP contribution is 2.41. The average Bonchev–Trinajstić information content (AvgIpc) is 2.59. The number of alkyl halides is 3. The normalized spacial score (nSPS) is 13.4. The number of benzene rings is 1. The summed E-state index contributed by atoms with van der Waals surface area (Å²) < 4.78 is 93.7. The first-order chi connectivity index (χ1) is 12.5. The van der Waals surface area contributed by atoms with Gasteiger partial charge in [-0.25, -0.2) is 17.2 Å². The number of hydrogen-bond donors (Lipinski definition) is 0. The Morgan fingerprint density at radius 2 is 1.89 bits per heavy atom. The maximum atomic E-state index is 14.0. The average molecular weight is 405 g/mol. The monoisotopic (exact) mass is 405 g/mol. The van der Waals surface area contributed by atoms with Gasteiger partial charge in [-0.3, -0.25) is 4.98 Å². The lowest BCUT2D eigenvalue weighted by molar-refractivity contribution is -0.174. The number of nitrogens with zero attached hydrogens (tertiary/aromatic N) is 3. The second kappa shape index (κ2) is 7.58. The molecule has 1 aromatic heterocycles. The van der Waals surface area contributed by atoms with Crippen molar-refractivity contribution in [1.29, 1.82) is 5.26 Å². The molecular weight excluding hydrogens is 393 g/mol. The molecule has 1 heterocycles. The van der Waals surface area contributed by atoms with E-state index in [0.29, 0.717) is 12.1 Å². The van der Waals surface area contributed by atoms with E-state index in [0.717, 1.165) is 25.4 Å². The van der Waals surface area contributed by atoms with Gasteiger partial charge < -0.3 is 0 Å². The minimum Gasteiger partial charge on any atom is -0.262 e. The molecular formula is C16H12F5N3O2S. The standard InChI is InChI=1S/C16H12F5N3O2S/c1-2-24(27(25,26)12-5-10(7-22)8-23-9-12)15(16(19,20)21)13-4-3-11(17)6-14(13)18/h3-6,8-9,15H,2H2,1H3. The lowest BCUT2D eigenvalue weighted by Gasteiger charge is -2.31. The van der Waals surface area contributed by atoms with E-state index in [1.165, 1.54) is 0 Å². The first kappa shape index (κ1) is 20.7. The number of halogens is 5. The highest BCUT2D eigenvalue weighted by molar-refractivity contribution is 7.89. The van der Waals surface area contributed by atoms with Crippen molar-refractivity contribution in [1.82, 2.24) is 9.29 Å². The fourth-order valence-electron chi connectivity index (χ4n) is 2.47. The molecule has 144 valence electrons. The molecule has 0 amide bonds. The molecule has 0 bridgehead atoms. The van der Waals surface area contributed by atoms with Crippen molar-refractivity contribution in [3.63, 3.8) is 0 Å². The van der Waals surface area contributed by atoms with E-state index < -0.39 is 50.9 Å². The number of hydrogen-bond acceptors (Lipinski definition) is 4. The van der Waals surface area contributed by atoms with Crippen molar-refractivity contribution >= 4 is 10.0 Å². The van der Waals surface area contributed by atoms with Crippen LogP contribution in [0.15, 0.2) is 41.6 Å². The largest absolute Gasteiger partial charge is 0.409 e. The SMILES string of the molecule is CCN(C(c1ccc(F)cc1F)C(F)(F)F)S(=O)(=O)c1cncc(C#N)c1. The molecule has 0 fully saturated rings. The maximum Gasteiger partial charge on any atom is 0.409 e. The van der Waals surface area contributed by atoms with Crippen LogP contribution in [0, 0.1) is 23.0 Å². The minimum absolute atomic E-state index is 0.0293. The van der Waals surface area contributed by atoms with E-state index in [4.69, 9.17) is 5.26 Å². The smallest absolute Gasteiger partial charge is 0.262 e. The van der Waals surface area contributed by atoms with Gasteiger partial charge in [-0.05, 0) is 12.1 Å². The van der Waals surface area contributed by atoms with Crippen LogP contribution < -0.4 is 0 Å². The van der Waals surface area contributed by atoms with Crippen LogP contribution in [0.5, 0.6) is 0 Å². The number of rotatable bonds is 5. The predicted octanol–water partition coefficient (Wildman–Crippen LogP) is 3.55. The van der Waals surface area contributed by atoms with Gasteiger partial charge in [0.25, 0.3) is 0 Å². The van der Waals surface area contributed by atoms with Crippen molar-refractivity contribution in [2.75, 3.05) is 6.54 Å². The highest BCUT2D eigenvalue weighted by atomic mass is 32.2. The Morgan fingerprint density at radius 3 is 2.41 bits per heavy atom. The van der Waals surface area contributed by atoms with Gasteiger partial charge >= 0.3 is 6.18 Å². The molecule has 0 radical (unpaired) electrons. The van der Waals surface area contributed by atoms with E-state index in [1.807, 2.05) is 0 Å². The fraction of sp³-hybridized carbons (Fsp3) is 0.250. The van der Waals surface area contributed by atoms with Crippen molar-refractivity contribution in [3.05, 3.63) is 59.4 Å². The number of nitriles is 1. The molecule has 0 aliphatic rings. The molecule has 2 rings (SSSR count). The van der Waals surface area contributed by atoms with Gasteiger partial charge in [0.15, 0.2) is 0 Å². The van der Waals surface area contributed by atoms with Crippen LogP contribution in [0.2, 0.25) is 0 Å². The van der Waals surface area contributed by atoms with Crippen molar-refractivity contribution < 1.29 is 30.4 Å². The van der Waals surface area contributed by atoms with E-state index in [1.54, 1.807) is 6.07 Å². The van der Waals surface area contributed by atoms with Crippen molar-refractivity contribution in [2.45, 2.75) is 24.0 Å². The molecule has 0 saturated heterocycles. The molecule has 1 atom stereocenters. The molecule has 0 aliphatic heterocycles. The third-order valence-electron chi connectivity index (χ3n) is 3.62. The summed E-state index contributed by atoms with van der Waals surface area (Å²) in [6.07, 6.45) is -3.37. The maximum absolute atomic E-state index is 14.0. The Balaban J connectivity index is 2.66. The highest BCUT2D eigenvalue weighted by Gasteiger charge is 2.50. The van der Waals surface area contributed by atoms with Crippen LogP contribution >= 0.6 is 0 Å². The molecule has 0 saturated carbocycles. The molecule has 1 unspecified atom stereocenters.